The molecule has 1 aromatic rings. The largest absolute Gasteiger partial charge is 0.454 e. The minimum atomic E-state index is 0. The summed E-state index contributed by atoms with van der Waals surface area (Å²) in [5.41, 5.74) is 6.95. The lowest BCUT2D eigenvalue weighted by Gasteiger charge is -2.26. The molecule has 1 fully saturated rings. The zero-order valence-electron chi connectivity index (χ0n) is 14.0. The van der Waals surface area contributed by atoms with Crippen LogP contribution in [0.4, 0.5) is 0 Å². The molecule has 0 amide bonds. The predicted molar refractivity (Wildman–Crippen MR) is 111 cm³/mol. The zero-order valence-corrected chi connectivity index (χ0v) is 17.9. The van der Waals surface area contributed by atoms with Gasteiger partial charge in [0, 0.05) is 19.6 Å². The summed E-state index contributed by atoms with van der Waals surface area (Å²) in [6, 6.07) is 3.91. The summed E-state index contributed by atoms with van der Waals surface area (Å²) in [6.45, 7) is 6.33. The number of nitrogens with two attached hydrogens (primary N) is 1. The van der Waals surface area contributed by atoms with Gasteiger partial charge in [0.1, 0.15) is 0 Å². The standard InChI is InChI=1S/C16H23BrN4O3.HI/c17-13-8-12(9-14-15(13)24-11-23-14)10-20-16(18)19-2-1-3-21-4-6-22-7-5-21;/h8-9H,1-7,10-11H2,(H3,18,19,20);1H. The number of benzene rings is 1. The molecule has 0 spiro atoms. The molecule has 9 heteroatoms. The number of aliphatic imine (C=N–C) groups is 1. The van der Waals surface area contributed by atoms with Crippen LogP contribution in [0, 0.1) is 0 Å². The highest BCUT2D eigenvalue weighted by Crippen LogP contribution is 2.40. The first-order valence-corrected chi connectivity index (χ1v) is 8.93. The Morgan fingerprint density at radius 3 is 2.88 bits per heavy atom. The molecule has 1 saturated heterocycles. The van der Waals surface area contributed by atoms with E-state index < -0.39 is 0 Å². The highest BCUT2D eigenvalue weighted by atomic mass is 127. The van der Waals surface area contributed by atoms with Gasteiger partial charge < -0.3 is 25.3 Å². The summed E-state index contributed by atoms with van der Waals surface area (Å²) in [7, 11) is 0. The lowest BCUT2D eigenvalue weighted by molar-refractivity contribution is 0.0376. The van der Waals surface area contributed by atoms with Crippen molar-refractivity contribution < 1.29 is 14.2 Å². The second-order valence-electron chi connectivity index (χ2n) is 5.75. The van der Waals surface area contributed by atoms with Crippen molar-refractivity contribution in [1.29, 1.82) is 0 Å². The Balaban J connectivity index is 0.00000225. The topological polar surface area (TPSA) is 81.3 Å². The molecule has 0 aromatic heterocycles. The average Bonchev–Trinajstić information content (AvgIpc) is 3.07. The van der Waals surface area contributed by atoms with Crippen LogP contribution in [0.25, 0.3) is 0 Å². The normalized spacial score (nSPS) is 17.2. The number of nitrogens with one attached hydrogen (secondary N) is 1. The molecule has 25 heavy (non-hydrogen) atoms. The van der Waals surface area contributed by atoms with E-state index in [4.69, 9.17) is 19.9 Å². The Hall–Kier alpha value is -0.780. The Morgan fingerprint density at radius 2 is 2.08 bits per heavy atom. The molecule has 0 unspecified atom stereocenters. The minimum absolute atomic E-state index is 0. The molecular weight excluding hydrogens is 503 g/mol. The van der Waals surface area contributed by atoms with Gasteiger partial charge in [-0.05, 0) is 46.6 Å². The van der Waals surface area contributed by atoms with Gasteiger partial charge in [0.05, 0.1) is 24.2 Å². The molecule has 2 heterocycles. The van der Waals surface area contributed by atoms with E-state index in [1.807, 2.05) is 12.1 Å². The van der Waals surface area contributed by atoms with Gasteiger partial charge in [-0.2, -0.15) is 0 Å². The number of rotatable bonds is 6. The summed E-state index contributed by atoms with van der Waals surface area (Å²) >= 11 is 3.48. The van der Waals surface area contributed by atoms with E-state index in [1.54, 1.807) is 0 Å². The van der Waals surface area contributed by atoms with Crippen LogP contribution in [0.2, 0.25) is 0 Å². The molecule has 0 aliphatic carbocycles. The monoisotopic (exact) mass is 526 g/mol. The van der Waals surface area contributed by atoms with Crippen LogP contribution in [-0.4, -0.2) is 57.0 Å². The maximum Gasteiger partial charge on any atom is 0.231 e. The van der Waals surface area contributed by atoms with Gasteiger partial charge in [0.2, 0.25) is 6.79 Å². The maximum absolute atomic E-state index is 5.93. The molecule has 2 aliphatic heterocycles. The number of nitrogens with zero attached hydrogens (tertiary/aromatic N) is 2. The van der Waals surface area contributed by atoms with Crippen molar-refractivity contribution in [1.82, 2.24) is 10.2 Å². The third-order valence-corrected chi connectivity index (χ3v) is 4.57. The Kier molecular flexibility index (Phi) is 8.53. The van der Waals surface area contributed by atoms with Crippen molar-refractivity contribution in [2.24, 2.45) is 10.7 Å². The van der Waals surface area contributed by atoms with Crippen LogP contribution < -0.4 is 20.5 Å². The highest BCUT2D eigenvalue weighted by molar-refractivity contribution is 14.0. The molecule has 1 aromatic carbocycles. The molecule has 2 aliphatic rings. The number of guanidine groups is 1. The van der Waals surface area contributed by atoms with Gasteiger partial charge in [0.25, 0.3) is 0 Å². The Bertz CT molecular complexity index is 597. The van der Waals surface area contributed by atoms with Gasteiger partial charge in [-0.15, -0.1) is 24.0 Å². The molecule has 140 valence electrons. The van der Waals surface area contributed by atoms with Crippen LogP contribution in [0.3, 0.4) is 0 Å². The number of hydrogen-bond donors (Lipinski definition) is 2. The van der Waals surface area contributed by atoms with E-state index in [1.165, 1.54) is 0 Å². The molecule has 3 N–H and O–H groups in total. The van der Waals surface area contributed by atoms with Crippen molar-refractivity contribution >= 4 is 45.9 Å². The minimum Gasteiger partial charge on any atom is -0.454 e. The van der Waals surface area contributed by atoms with Crippen LogP contribution >= 0.6 is 39.9 Å². The van der Waals surface area contributed by atoms with Crippen molar-refractivity contribution in [2.75, 3.05) is 46.2 Å². The number of fused-ring (bicyclic) bond motifs is 1. The van der Waals surface area contributed by atoms with Gasteiger partial charge in [-0.25, -0.2) is 4.99 Å². The summed E-state index contributed by atoms with van der Waals surface area (Å²) in [4.78, 5) is 6.78. The van der Waals surface area contributed by atoms with Crippen molar-refractivity contribution in [3.05, 3.63) is 22.2 Å². The summed E-state index contributed by atoms with van der Waals surface area (Å²) in [6.07, 6.45) is 1.03. The molecule has 0 radical (unpaired) electrons. The molecule has 7 nitrogen and oxygen atoms in total. The lowest BCUT2D eigenvalue weighted by Crippen LogP contribution is -2.39. The van der Waals surface area contributed by atoms with Crippen LogP contribution in [-0.2, 0) is 11.3 Å². The summed E-state index contributed by atoms with van der Waals surface area (Å²) in [5, 5.41) is 3.16. The maximum atomic E-state index is 5.93. The van der Waals surface area contributed by atoms with Gasteiger partial charge >= 0.3 is 0 Å². The number of ether oxygens (including phenoxy) is 3. The molecule has 0 saturated carbocycles. The Labute approximate surface area is 173 Å². The number of halogens is 2. The van der Waals surface area contributed by atoms with Gasteiger partial charge in [-0.1, -0.05) is 0 Å². The van der Waals surface area contributed by atoms with Gasteiger partial charge in [0.15, 0.2) is 17.5 Å². The zero-order chi connectivity index (χ0) is 16.8. The average molecular weight is 527 g/mol. The fraction of sp³-hybridized carbons (Fsp3) is 0.562. The molecule has 3 rings (SSSR count). The molecule has 0 bridgehead atoms. The third-order valence-electron chi connectivity index (χ3n) is 3.98. The van der Waals surface area contributed by atoms with Crippen LogP contribution in [0.15, 0.2) is 21.6 Å². The lowest BCUT2D eigenvalue weighted by atomic mass is 10.2. The molecule has 0 atom stereocenters. The van der Waals surface area contributed by atoms with Crippen molar-refractivity contribution in [3.8, 4) is 11.5 Å². The van der Waals surface area contributed by atoms with Gasteiger partial charge in [-0.3, -0.25) is 4.90 Å². The van der Waals surface area contributed by atoms with Crippen molar-refractivity contribution in [3.63, 3.8) is 0 Å². The number of morpholine rings is 1. The van der Waals surface area contributed by atoms with Crippen LogP contribution in [0.5, 0.6) is 11.5 Å². The summed E-state index contributed by atoms with van der Waals surface area (Å²) < 4.78 is 17.0. The SMILES string of the molecule is I.NC(=NCc1cc(Br)c2c(c1)OCO2)NCCCN1CCOCC1. The first-order chi connectivity index (χ1) is 11.7. The van der Waals surface area contributed by atoms with E-state index >= 15 is 0 Å². The van der Waals surface area contributed by atoms with E-state index in [0.717, 1.165) is 67.3 Å². The number of hydrogen-bond acceptors (Lipinski definition) is 5. The first-order valence-electron chi connectivity index (χ1n) is 8.14. The fourth-order valence-corrected chi connectivity index (χ4v) is 3.29. The third kappa shape index (κ3) is 6.15. The van der Waals surface area contributed by atoms with E-state index in [2.05, 4.69) is 31.1 Å². The predicted octanol–water partition coefficient (Wildman–Crippen LogP) is 1.92. The quantitative estimate of drug-likeness (QED) is 0.255. The Morgan fingerprint density at radius 1 is 1.28 bits per heavy atom. The van der Waals surface area contributed by atoms with Crippen LogP contribution in [0.1, 0.15) is 12.0 Å². The fourth-order valence-electron chi connectivity index (χ4n) is 2.69. The second-order valence-corrected chi connectivity index (χ2v) is 6.60. The second kappa shape index (κ2) is 10.4. The highest BCUT2D eigenvalue weighted by Gasteiger charge is 2.17. The first kappa shape index (κ1) is 20.5. The van der Waals surface area contributed by atoms with E-state index in [0.29, 0.717) is 12.5 Å². The van der Waals surface area contributed by atoms with Crippen molar-refractivity contribution in [2.45, 2.75) is 13.0 Å². The smallest absolute Gasteiger partial charge is 0.231 e. The molecular formula is C16H24BrIN4O3. The summed E-state index contributed by atoms with van der Waals surface area (Å²) in [5.74, 6) is 1.95. The van der Waals surface area contributed by atoms with E-state index in [-0.39, 0.29) is 30.8 Å². The van der Waals surface area contributed by atoms with E-state index in [9.17, 15) is 0 Å².